The van der Waals surface area contributed by atoms with Gasteiger partial charge in [0.05, 0.1) is 5.56 Å². The molecule has 26 heavy (non-hydrogen) atoms. The summed E-state index contributed by atoms with van der Waals surface area (Å²) in [6.45, 7) is 3.32. The monoisotopic (exact) mass is 351 g/mol. The number of carbonyl (C=O) groups excluding carboxylic acids is 2. The van der Waals surface area contributed by atoms with Crippen LogP contribution < -0.4 is 5.32 Å². The van der Waals surface area contributed by atoms with E-state index in [4.69, 9.17) is 9.26 Å². The van der Waals surface area contributed by atoms with Gasteiger partial charge in [0.2, 0.25) is 0 Å². The molecule has 2 aromatic carbocycles. The van der Waals surface area contributed by atoms with E-state index in [0.717, 1.165) is 5.56 Å². The number of esters is 1. The lowest BCUT2D eigenvalue weighted by atomic mass is 10.1. The van der Waals surface area contributed by atoms with Gasteiger partial charge in [-0.2, -0.15) is 4.98 Å². The zero-order valence-corrected chi connectivity index (χ0v) is 14.4. The van der Waals surface area contributed by atoms with Crippen LogP contribution in [-0.4, -0.2) is 28.6 Å². The normalized spacial score (nSPS) is 10.4. The molecule has 0 aliphatic rings. The predicted molar refractivity (Wildman–Crippen MR) is 94.6 cm³/mol. The maximum absolute atomic E-state index is 12.0. The van der Waals surface area contributed by atoms with Gasteiger partial charge in [0.25, 0.3) is 11.8 Å². The number of nitrogens with one attached hydrogen (secondary N) is 1. The molecule has 0 saturated heterocycles. The molecule has 0 spiro atoms. The molecule has 1 heterocycles. The first kappa shape index (κ1) is 17.3. The van der Waals surface area contributed by atoms with E-state index >= 15 is 0 Å². The summed E-state index contributed by atoms with van der Waals surface area (Å²) in [5.41, 5.74) is 2.76. The van der Waals surface area contributed by atoms with E-state index in [1.165, 1.54) is 0 Å². The molecule has 3 rings (SSSR count). The molecule has 0 saturated carbocycles. The highest BCUT2D eigenvalue weighted by atomic mass is 16.5. The maximum Gasteiger partial charge on any atom is 0.338 e. The van der Waals surface area contributed by atoms with Gasteiger partial charge >= 0.3 is 5.97 Å². The Labute approximate surface area is 150 Å². The zero-order valence-electron chi connectivity index (χ0n) is 14.4. The van der Waals surface area contributed by atoms with Gasteiger partial charge in [0.15, 0.2) is 12.4 Å². The van der Waals surface area contributed by atoms with Crippen molar-refractivity contribution in [1.82, 2.24) is 10.1 Å². The van der Waals surface area contributed by atoms with E-state index in [-0.39, 0.29) is 6.61 Å². The number of anilines is 1. The van der Waals surface area contributed by atoms with Crippen molar-refractivity contribution in [2.24, 2.45) is 0 Å². The van der Waals surface area contributed by atoms with Gasteiger partial charge in [-0.25, -0.2) is 4.79 Å². The molecule has 0 radical (unpaired) electrons. The predicted octanol–water partition coefficient (Wildman–Crippen LogP) is 3.15. The molecular weight excluding hydrogens is 334 g/mol. The van der Waals surface area contributed by atoms with Gasteiger partial charge < -0.3 is 14.6 Å². The number of rotatable bonds is 5. The summed E-state index contributed by atoms with van der Waals surface area (Å²) >= 11 is 0. The molecule has 7 heteroatoms. The molecule has 7 nitrogen and oxygen atoms in total. The fourth-order valence-corrected chi connectivity index (χ4v) is 2.21. The molecule has 0 aliphatic carbocycles. The van der Waals surface area contributed by atoms with E-state index < -0.39 is 11.9 Å². The number of hydrogen-bond acceptors (Lipinski definition) is 6. The molecule has 0 fully saturated rings. The van der Waals surface area contributed by atoms with Gasteiger partial charge in [0.1, 0.15) is 0 Å². The SMILES string of the molecule is Cc1ccc(NC(=O)COC(=O)c2ccc(-c3nc(C)no3)cc2)cc1. The van der Waals surface area contributed by atoms with E-state index in [2.05, 4.69) is 15.5 Å². The summed E-state index contributed by atoms with van der Waals surface area (Å²) < 4.78 is 10.1. The number of aromatic nitrogens is 2. The van der Waals surface area contributed by atoms with E-state index in [1.54, 1.807) is 43.3 Å². The number of ether oxygens (including phenoxy) is 1. The average Bonchev–Trinajstić information content (AvgIpc) is 3.08. The Balaban J connectivity index is 1.54. The fourth-order valence-electron chi connectivity index (χ4n) is 2.21. The Morgan fingerprint density at radius 1 is 1.04 bits per heavy atom. The molecule has 0 atom stereocenters. The molecular formula is C19H17N3O4. The van der Waals surface area contributed by atoms with Crippen LogP contribution in [0, 0.1) is 13.8 Å². The molecule has 0 aliphatic heterocycles. The summed E-state index contributed by atoms with van der Waals surface area (Å²) in [7, 11) is 0. The lowest BCUT2D eigenvalue weighted by molar-refractivity contribution is -0.119. The highest BCUT2D eigenvalue weighted by Crippen LogP contribution is 2.18. The third kappa shape index (κ3) is 4.32. The van der Waals surface area contributed by atoms with Gasteiger partial charge in [-0.15, -0.1) is 0 Å². The second-order valence-corrected chi connectivity index (χ2v) is 5.71. The van der Waals surface area contributed by atoms with Crippen molar-refractivity contribution in [1.29, 1.82) is 0 Å². The minimum atomic E-state index is -0.586. The highest BCUT2D eigenvalue weighted by Gasteiger charge is 2.12. The van der Waals surface area contributed by atoms with E-state index in [0.29, 0.717) is 28.5 Å². The Hall–Kier alpha value is -3.48. The number of aryl methyl sites for hydroxylation is 2. The Morgan fingerprint density at radius 3 is 2.35 bits per heavy atom. The molecule has 1 aromatic heterocycles. The minimum absolute atomic E-state index is 0.327. The first-order chi connectivity index (χ1) is 12.5. The van der Waals surface area contributed by atoms with Crippen molar-refractivity contribution in [3.63, 3.8) is 0 Å². The quantitative estimate of drug-likeness (QED) is 0.710. The van der Waals surface area contributed by atoms with Crippen molar-refractivity contribution in [2.75, 3.05) is 11.9 Å². The van der Waals surface area contributed by atoms with Crippen LogP contribution in [0.25, 0.3) is 11.5 Å². The summed E-state index contributed by atoms with van der Waals surface area (Å²) in [6, 6.07) is 13.8. The Kier molecular flexibility index (Phi) is 5.07. The Morgan fingerprint density at radius 2 is 1.73 bits per heavy atom. The van der Waals surface area contributed by atoms with Crippen LogP contribution in [-0.2, 0) is 9.53 Å². The molecule has 1 amide bonds. The number of benzene rings is 2. The highest BCUT2D eigenvalue weighted by molar-refractivity contribution is 5.95. The van der Waals surface area contributed by atoms with Crippen LogP contribution >= 0.6 is 0 Å². The average molecular weight is 351 g/mol. The second-order valence-electron chi connectivity index (χ2n) is 5.71. The van der Waals surface area contributed by atoms with Crippen molar-refractivity contribution in [3.05, 3.63) is 65.5 Å². The molecule has 132 valence electrons. The van der Waals surface area contributed by atoms with Crippen molar-refractivity contribution < 1.29 is 18.8 Å². The first-order valence-corrected chi connectivity index (χ1v) is 7.95. The van der Waals surface area contributed by atoms with Gasteiger partial charge in [-0.1, -0.05) is 22.9 Å². The summed E-state index contributed by atoms with van der Waals surface area (Å²) in [4.78, 5) is 28.0. The van der Waals surface area contributed by atoms with Crippen molar-refractivity contribution in [2.45, 2.75) is 13.8 Å². The summed E-state index contributed by atoms with van der Waals surface area (Å²) in [5.74, 6) is -0.0829. The lowest BCUT2D eigenvalue weighted by Gasteiger charge is -2.07. The summed E-state index contributed by atoms with van der Waals surface area (Å²) in [6.07, 6.45) is 0. The van der Waals surface area contributed by atoms with E-state index in [9.17, 15) is 9.59 Å². The molecule has 1 N–H and O–H groups in total. The molecule has 3 aromatic rings. The van der Waals surface area contributed by atoms with Gasteiger partial charge in [-0.3, -0.25) is 4.79 Å². The Bertz CT molecular complexity index is 915. The zero-order chi connectivity index (χ0) is 18.5. The maximum atomic E-state index is 12.0. The first-order valence-electron chi connectivity index (χ1n) is 7.95. The number of nitrogens with zero attached hydrogens (tertiary/aromatic N) is 2. The van der Waals surface area contributed by atoms with Gasteiger partial charge in [-0.05, 0) is 50.2 Å². The summed E-state index contributed by atoms with van der Waals surface area (Å²) in [5, 5.41) is 6.38. The lowest BCUT2D eigenvalue weighted by Crippen LogP contribution is -2.20. The number of amides is 1. The molecule has 0 unspecified atom stereocenters. The standard InChI is InChI=1S/C19H17N3O4/c1-12-3-9-16(10-4-12)21-17(23)11-25-19(24)15-7-5-14(6-8-15)18-20-13(2)22-26-18/h3-10H,11H2,1-2H3,(H,21,23). The van der Waals surface area contributed by atoms with Crippen molar-refractivity contribution >= 4 is 17.6 Å². The number of carbonyl (C=O) groups is 2. The topological polar surface area (TPSA) is 94.3 Å². The van der Waals surface area contributed by atoms with Crippen LogP contribution in [0.15, 0.2) is 53.1 Å². The second kappa shape index (κ2) is 7.60. The third-order valence-corrected chi connectivity index (χ3v) is 3.56. The van der Waals surface area contributed by atoms with Gasteiger partial charge in [0, 0.05) is 11.3 Å². The van der Waals surface area contributed by atoms with Crippen LogP contribution in [0.3, 0.4) is 0 Å². The fraction of sp³-hybridized carbons (Fsp3) is 0.158. The van der Waals surface area contributed by atoms with Crippen LogP contribution in [0.2, 0.25) is 0 Å². The smallest absolute Gasteiger partial charge is 0.338 e. The van der Waals surface area contributed by atoms with Crippen LogP contribution in [0.5, 0.6) is 0 Å². The molecule has 0 bridgehead atoms. The van der Waals surface area contributed by atoms with Crippen LogP contribution in [0.1, 0.15) is 21.7 Å². The van der Waals surface area contributed by atoms with Crippen LogP contribution in [0.4, 0.5) is 5.69 Å². The number of hydrogen-bond donors (Lipinski definition) is 1. The minimum Gasteiger partial charge on any atom is -0.452 e. The third-order valence-electron chi connectivity index (χ3n) is 3.56. The largest absolute Gasteiger partial charge is 0.452 e. The van der Waals surface area contributed by atoms with Crippen molar-refractivity contribution in [3.8, 4) is 11.5 Å². The van der Waals surface area contributed by atoms with E-state index in [1.807, 2.05) is 19.1 Å².